The number of rotatable bonds is 1. The second-order valence-corrected chi connectivity index (χ2v) is 3.31. The molecule has 2 saturated heterocycles. The molecule has 2 fully saturated rings. The minimum absolute atomic E-state index is 0.212. The van der Waals surface area contributed by atoms with Gasteiger partial charge in [0.1, 0.15) is 6.42 Å². The molecule has 4 amide bonds. The smallest absolute Gasteiger partial charge is 0.331 e. The molecule has 76 valence electrons. The summed E-state index contributed by atoms with van der Waals surface area (Å²) < 4.78 is 5.07. The van der Waals surface area contributed by atoms with Gasteiger partial charge in [0.25, 0.3) is 0 Å². The third-order valence-electron chi connectivity index (χ3n) is 2.32. The molecule has 1 N–H and O–H groups in total. The average Bonchev–Trinajstić information content (AvgIpc) is 2.54. The lowest BCUT2D eigenvalue weighted by Crippen LogP contribution is -2.56. The van der Waals surface area contributed by atoms with E-state index in [0.717, 1.165) is 4.90 Å². The fourth-order valence-corrected chi connectivity index (χ4v) is 1.65. The predicted molar refractivity (Wildman–Crippen MR) is 44.2 cm³/mol. The molecule has 0 radical (unpaired) electrons. The molecule has 0 spiro atoms. The van der Waals surface area contributed by atoms with Crippen LogP contribution in [0.3, 0.4) is 0 Å². The van der Waals surface area contributed by atoms with E-state index in [9.17, 15) is 14.4 Å². The number of barbiturate groups is 1. The van der Waals surface area contributed by atoms with Crippen LogP contribution in [0.15, 0.2) is 0 Å². The van der Waals surface area contributed by atoms with E-state index in [-0.39, 0.29) is 12.5 Å². The first-order valence-corrected chi connectivity index (χ1v) is 4.42. The Kier molecular flexibility index (Phi) is 2.20. The monoisotopic (exact) mass is 198 g/mol. The average molecular weight is 198 g/mol. The van der Waals surface area contributed by atoms with Crippen LogP contribution in [-0.2, 0) is 14.3 Å². The second-order valence-electron chi connectivity index (χ2n) is 3.31. The number of hydrogen-bond acceptors (Lipinski definition) is 4. The normalized spacial score (nSPS) is 28.1. The minimum atomic E-state index is -0.623. The van der Waals surface area contributed by atoms with Crippen molar-refractivity contribution in [2.75, 3.05) is 13.2 Å². The number of urea groups is 1. The summed E-state index contributed by atoms with van der Waals surface area (Å²) in [6, 6.07) is -0.836. The van der Waals surface area contributed by atoms with E-state index in [1.54, 1.807) is 0 Å². The van der Waals surface area contributed by atoms with Crippen LogP contribution in [0.5, 0.6) is 0 Å². The van der Waals surface area contributed by atoms with Gasteiger partial charge in [0.05, 0.1) is 12.6 Å². The van der Waals surface area contributed by atoms with Crippen LogP contribution >= 0.6 is 0 Å². The van der Waals surface area contributed by atoms with E-state index < -0.39 is 17.8 Å². The zero-order valence-electron chi connectivity index (χ0n) is 7.49. The molecular weight excluding hydrogens is 188 g/mol. The van der Waals surface area contributed by atoms with Crippen LogP contribution in [0.25, 0.3) is 0 Å². The summed E-state index contributed by atoms with van der Waals surface area (Å²) in [5.41, 5.74) is 0. The Morgan fingerprint density at radius 1 is 1.36 bits per heavy atom. The molecule has 6 heteroatoms. The lowest BCUT2D eigenvalue weighted by atomic mass is 10.2. The minimum Gasteiger partial charge on any atom is -0.379 e. The van der Waals surface area contributed by atoms with Crippen molar-refractivity contribution in [3.05, 3.63) is 0 Å². The zero-order valence-corrected chi connectivity index (χ0v) is 7.49. The third-order valence-corrected chi connectivity index (χ3v) is 2.32. The number of nitrogens with one attached hydrogen (secondary N) is 1. The van der Waals surface area contributed by atoms with E-state index in [4.69, 9.17) is 4.74 Å². The van der Waals surface area contributed by atoms with Crippen LogP contribution in [0.2, 0.25) is 0 Å². The number of hydrogen-bond donors (Lipinski definition) is 1. The van der Waals surface area contributed by atoms with E-state index in [1.165, 1.54) is 0 Å². The van der Waals surface area contributed by atoms with Crippen molar-refractivity contribution in [2.45, 2.75) is 18.9 Å². The maximum atomic E-state index is 11.4. The molecule has 0 saturated carbocycles. The van der Waals surface area contributed by atoms with Crippen molar-refractivity contribution in [2.24, 2.45) is 0 Å². The van der Waals surface area contributed by atoms with Crippen LogP contribution in [0, 0.1) is 0 Å². The molecule has 0 aromatic heterocycles. The highest BCUT2D eigenvalue weighted by molar-refractivity contribution is 6.14. The van der Waals surface area contributed by atoms with Crippen LogP contribution in [-0.4, -0.2) is 42.0 Å². The molecule has 0 bridgehead atoms. The van der Waals surface area contributed by atoms with Gasteiger partial charge in [-0.1, -0.05) is 0 Å². The summed E-state index contributed by atoms with van der Waals surface area (Å²) in [6.07, 6.45) is 0.398. The first-order valence-electron chi connectivity index (χ1n) is 4.42. The van der Waals surface area contributed by atoms with Crippen LogP contribution < -0.4 is 5.32 Å². The first-order chi connectivity index (χ1) is 6.68. The van der Waals surface area contributed by atoms with Gasteiger partial charge in [-0.05, 0) is 6.42 Å². The number of carbonyl (C=O) groups is 3. The second kappa shape index (κ2) is 3.38. The van der Waals surface area contributed by atoms with Crippen molar-refractivity contribution in [1.29, 1.82) is 0 Å². The van der Waals surface area contributed by atoms with Gasteiger partial charge in [-0.2, -0.15) is 0 Å². The van der Waals surface area contributed by atoms with E-state index in [2.05, 4.69) is 5.32 Å². The quantitative estimate of drug-likeness (QED) is 0.562. The van der Waals surface area contributed by atoms with E-state index in [1.807, 2.05) is 0 Å². The summed E-state index contributed by atoms with van der Waals surface area (Å²) in [7, 11) is 0. The Balaban J connectivity index is 2.12. The molecule has 2 rings (SSSR count). The van der Waals surface area contributed by atoms with Crippen molar-refractivity contribution >= 4 is 17.8 Å². The molecule has 1 unspecified atom stereocenters. The number of ether oxygens (including phenoxy) is 1. The van der Waals surface area contributed by atoms with E-state index >= 15 is 0 Å². The molecule has 14 heavy (non-hydrogen) atoms. The topological polar surface area (TPSA) is 75.7 Å². The molecule has 0 aromatic rings. The summed E-state index contributed by atoms with van der Waals surface area (Å²) >= 11 is 0. The van der Waals surface area contributed by atoms with Crippen molar-refractivity contribution in [3.8, 4) is 0 Å². The first kappa shape index (κ1) is 9.14. The largest absolute Gasteiger partial charge is 0.379 e. The fourth-order valence-electron chi connectivity index (χ4n) is 1.65. The SMILES string of the molecule is O=C1CC(=O)N(C2CCOC2)C(=O)N1. The van der Waals surface area contributed by atoms with Gasteiger partial charge in [-0.3, -0.25) is 19.8 Å². The third kappa shape index (κ3) is 1.48. The van der Waals surface area contributed by atoms with Gasteiger partial charge >= 0.3 is 6.03 Å². The molecule has 6 nitrogen and oxygen atoms in total. The van der Waals surface area contributed by atoms with Crippen LogP contribution in [0.1, 0.15) is 12.8 Å². The van der Waals surface area contributed by atoms with Crippen molar-refractivity contribution < 1.29 is 19.1 Å². The van der Waals surface area contributed by atoms with Gasteiger partial charge < -0.3 is 4.74 Å². The maximum absolute atomic E-state index is 11.4. The lowest BCUT2D eigenvalue weighted by molar-refractivity contribution is -0.137. The number of nitrogens with zero attached hydrogens (tertiary/aromatic N) is 1. The standard InChI is InChI=1S/C8H10N2O4/c11-6-3-7(12)10(8(13)9-6)5-1-2-14-4-5/h5H,1-4H2,(H,9,11,13). The van der Waals surface area contributed by atoms with Gasteiger partial charge in [0.15, 0.2) is 0 Å². The van der Waals surface area contributed by atoms with Crippen LogP contribution in [0.4, 0.5) is 4.79 Å². The molecule has 2 aliphatic heterocycles. The molecule has 2 aliphatic rings. The lowest BCUT2D eigenvalue weighted by Gasteiger charge is -2.28. The van der Waals surface area contributed by atoms with Gasteiger partial charge in [-0.15, -0.1) is 0 Å². The van der Waals surface area contributed by atoms with Gasteiger partial charge in [-0.25, -0.2) is 4.79 Å². The summed E-state index contributed by atoms with van der Waals surface area (Å²) in [5.74, 6) is -0.968. The number of amides is 4. The number of imide groups is 2. The Morgan fingerprint density at radius 3 is 2.71 bits per heavy atom. The highest BCUT2D eigenvalue weighted by Crippen LogP contribution is 2.15. The Labute approximate surface area is 80.2 Å². The maximum Gasteiger partial charge on any atom is 0.331 e. The Morgan fingerprint density at radius 2 is 2.14 bits per heavy atom. The summed E-state index contributed by atoms with van der Waals surface area (Å²) in [5, 5.41) is 2.11. The zero-order chi connectivity index (χ0) is 10.1. The molecular formula is C8H10N2O4. The highest BCUT2D eigenvalue weighted by Gasteiger charge is 2.37. The highest BCUT2D eigenvalue weighted by atomic mass is 16.5. The molecule has 2 heterocycles. The number of carbonyl (C=O) groups excluding carboxylic acids is 3. The van der Waals surface area contributed by atoms with Crippen molar-refractivity contribution in [1.82, 2.24) is 10.2 Å². The fraction of sp³-hybridized carbons (Fsp3) is 0.625. The van der Waals surface area contributed by atoms with Gasteiger partial charge in [0, 0.05) is 6.61 Å². The van der Waals surface area contributed by atoms with Crippen molar-refractivity contribution in [3.63, 3.8) is 0 Å². The molecule has 1 atom stereocenters. The van der Waals surface area contributed by atoms with E-state index in [0.29, 0.717) is 19.6 Å². The predicted octanol–water partition coefficient (Wildman–Crippen LogP) is -0.756. The summed E-state index contributed by atoms with van der Waals surface area (Å²) in [6.45, 7) is 0.920. The Hall–Kier alpha value is -1.43. The summed E-state index contributed by atoms with van der Waals surface area (Å²) in [4.78, 5) is 34.6. The molecule has 0 aromatic carbocycles. The van der Waals surface area contributed by atoms with Gasteiger partial charge in [0.2, 0.25) is 11.8 Å². The molecule has 0 aliphatic carbocycles. The Bertz CT molecular complexity index is 276.